The maximum atomic E-state index is 13.1. The van der Waals surface area contributed by atoms with Crippen LogP contribution in [-0.2, 0) is 14.8 Å². The number of rotatable bonds is 3. The van der Waals surface area contributed by atoms with Gasteiger partial charge in [0.1, 0.15) is 0 Å². The quantitative estimate of drug-likeness (QED) is 0.726. The minimum absolute atomic E-state index is 0.0228. The SMILES string of the molecule is Cc1ccc(NC(=O)C23CC4CC(CC(Br)(C4)C2)C3)cc1S(N)(=O)=O. The van der Waals surface area contributed by atoms with Crippen molar-refractivity contribution < 1.29 is 13.2 Å². The lowest BCUT2D eigenvalue weighted by molar-refractivity contribution is -0.138. The molecule has 1 amide bonds. The van der Waals surface area contributed by atoms with Gasteiger partial charge in [-0.3, -0.25) is 4.79 Å². The number of halogens is 1. The summed E-state index contributed by atoms with van der Waals surface area (Å²) >= 11 is 3.92. The number of anilines is 1. The van der Waals surface area contributed by atoms with E-state index in [1.165, 1.54) is 25.3 Å². The molecule has 3 N–H and O–H groups in total. The van der Waals surface area contributed by atoms with E-state index in [9.17, 15) is 13.2 Å². The third kappa shape index (κ3) is 3.04. The number of carbonyl (C=O) groups excluding carboxylic acids is 1. The van der Waals surface area contributed by atoms with Crippen LogP contribution in [0.5, 0.6) is 0 Å². The van der Waals surface area contributed by atoms with Gasteiger partial charge in [0, 0.05) is 10.0 Å². The van der Waals surface area contributed by atoms with Gasteiger partial charge >= 0.3 is 0 Å². The van der Waals surface area contributed by atoms with Crippen molar-refractivity contribution >= 4 is 37.5 Å². The molecule has 2 atom stereocenters. The molecule has 0 radical (unpaired) electrons. The monoisotopic (exact) mass is 426 g/mol. The van der Waals surface area contributed by atoms with Gasteiger partial charge in [0.2, 0.25) is 15.9 Å². The molecule has 7 heteroatoms. The Hall–Kier alpha value is -0.920. The molecule has 0 aliphatic heterocycles. The van der Waals surface area contributed by atoms with E-state index in [1.807, 2.05) is 0 Å². The molecule has 0 aromatic heterocycles. The van der Waals surface area contributed by atoms with E-state index >= 15 is 0 Å². The summed E-state index contributed by atoms with van der Waals surface area (Å²) in [5.41, 5.74) is 0.744. The summed E-state index contributed by atoms with van der Waals surface area (Å²) in [6, 6.07) is 4.89. The number of primary sulfonamides is 1. The highest BCUT2D eigenvalue weighted by atomic mass is 79.9. The van der Waals surface area contributed by atoms with Gasteiger partial charge in [0.15, 0.2) is 0 Å². The van der Waals surface area contributed by atoms with Crippen LogP contribution in [0.15, 0.2) is 23.1 Å². The summed E-state index contributed by atoms with van der Waals surface area (Å²) in [6.45, 7) is 1.69. The number of benzene rings is 1. The number of nitrogens with one attached hydrogen (secondary N) is 1. The highest BCUT2D eigenvalue weighted by Crippen LogP contribution is 2.64. The largest absolute Gasteiger partial charge is 0.326 e. The van der Waals surface area contributed by atoms with Crippen molar-refractivity contribution in [1.82, 2.24) is 0 Å². The van der Waals surface area contributed by atoms with Crippen LogP contribution >= 0.6 is 15.9 Å². The number of hydrogen-bond donors (Lipinski definition) is 2. The Bertz CT molecular complexity index is 838. The number of sulfonamides is 1. The van der Waals surface area contributed by atoms with Crippen molar-refractivity contribution in [3.05, 3.63) is 23.8 Å². The number of nitrogens with two attached hydrogens (primary N) is 1. The van der Waals surface area contributed by atoms with Crippen LogP contribution < -0.4 is 10.5 Å². The standard InChI is InChI=1S/C18H23BrN2O3S/c1-11-2-3-14(5-15(11)25(20,23)24)21-16(22)17-6-12-4-13(7-17)9-18(19,8-12)10-17/h2-3,5,12-13H,4,6-10H2,1H3,(H,21,22)(H2,20,23,24). The number of hydrogen-bond acceptors (Lipinski definition) is 3. The van der Waals surface area contributed by atoms with Gasteiger partial charge in [0.05, 0.1) is 10.3 Å². The van der Waals surface area contributed by atoms with Gasteiger partial charge in [-0.15, -0.1) is 0 Å². The fourth-order valence-electron chi connectivity index (χ4n) is 5.66. The molecule has 5 nitrogen and oxygen atoms in total. The Balaban J connectivity index is 1.61. The molecule has 4 fully saturated rings. The first kappa shape index (κ1) is 17.5. The summed E-state index contributed by atoms with van der Waals surface area (Å²) in [7, 11) is -3.81. The zero-order chi connectivity index (χ0) is 18.0. The predicted octanol–water partition coefficient (Wildman–Crippen LogP) is 3.31. The molecule has 1 aromatic rings. The minimum Gasteiger partial charge on any atom is -0.326 e. The number of alkyl halides is 1. The van der Waals surface area contributed by atoms with Crippen LogP contribution in [0.2, 0.25) is 0 Å². The first-order chi connectivity index (χ1) is 11.6. The van der Waals surface area contributed by atoms with Crippen molar-refractivity contribution in [2.75, 3.05) is 5.32 Å². The Morgan fingerprint density at radius 1 is 1.24 bits per heavy atom. The van der Waals surface area contributed by atoms with Gasteiger partial charge in [-0.1, -0.05) is 22.0 Å². The summed E-state index contributed by atoms with van der Waals surface area (Å²) in [5.74, 6) is 1.25. The fourth-order valence-corrected chi connectivity index (χ4v) is 7.92. The Morgan fingerprint density at radius 2 is 1.88 bits per heavy atom. The average Bonchev–Trinajstić information content (AvgIpc) is 2.45. The lowest BCUT2D eigenvalue weighted by atomic mass is 9.49. The molecule has 4 aliphatic carbocycles. The molecule has 1 aromatic carbocycles. The Morgan fingerprint density at radius 3 is 2.44 bits per heavy atom. The smallest absolute Gasteiger partial charge is 0.238 e. The maximum absolute atomic E-state index is 13.1. The zero-order valence-corrected chi connectivity index (χ0v) is 16.6. The van der Waals surface area contributed by atoms with Crippen molar-refractivity contribution in [2.45, 2.75) is 54.7 Å². The average molecular weight is 427 g/mol. The van der Waals surface area contributed by atoms with Crippen LogP contribution in [0, 0.1) is 24.2 Å². The second-order valence-corrected chi connectivity index (χ2v) is 11.6. The highest BCUT2D eigenvalue weighted by Gasteiger charge is 2.59. The van der Waals surface area contributed by atoms with E-state index < -0.39 is 10.0 Å². The molecular weight excluding hydrogens is 404 g/mol. The fraction of sp³-hybridized carbons (Fsp3) is 0.611. The number of carbonyl (C=O) groups is 1. The van der Waals surface area contributed by atoms with E-state index in [0.29, 0.717) is 23.1 Å². The molecule has 5 rings (SSSR count). The molecule has 0 saturated heterocycles. The van der Waals surface area contributed by atoms with Crippen LogP contribution in [0.1, 0.15) is 44.1 Å². The van der Waals surface area contributed by atoms with E-state index in [1.54, 1.807) is 19.1 Å². The van der Waals surface area contributed by atoms with E-state index in [0.717, 1.165) is 19.3 Å². The molecule has 136 valence electrons. The first-order valence-electron chi connectivity index (χ1n) is 8.73. The van der Waals surface area contributed by atoms with E-state index in [-0.39, 0.29) is 20.5 Å². The van der Waals surface area contributed by atoms with Crippen LogP contribution in [0.25, 0.3) is 0 Å². The van der Waals surface area contributed by atoms with E-state index in [2.05, 4.69) is 21.2 Å². The zero-order valence-electron chi connectivity index (χ0n) is 14.2. The lowest BCUT2D eigenvalue weighted by Gasteiger charge is -2.59. The lowest BCUT2D eigenvalue weighted by Crippen LogP contribution is -2.57. The van der Waals surface area contributed by atoms with Gasteiger partial charge in [-0.25, -0.2) is 13.6 Å². The first-order valence-corrected chi connectivity index (χ1v) is 11.1. The third-order valence-corrected chi connectivity index (χ3v) is 8.20. The van der Waals surface area contributed by atoms with Crippen molar-refractivity contribution in [1.29, 1.82) is 0 Å². The molecule has 2 unspecified atom stereocenters. The third-order valence-electron chi connectivity index (χ3n) is 6.22. The van der Waals surface area contributed by atoms with Gasteiger partial charge in [-0.05, 0) is 75.0 Å². The minimum atomic E-state index is -3.81. The van der Waals surface area contributed by atoms with Crippen molar-refractivity contribution in [3.63, 3.8) is 0 Å². The molecule has 25 heavy (non-hydrogen) atoms. The summed E-state index contributed by atoms with van der Waals surface area (Å²) in [5, 5.41) is 8.25. The molecule has 0 heterocycles. The Kier molecular flexibility index (Phi) is 3.87. The molecule has 4 bridgehead atoms. The van der Waals surface area contributed by atoms with Gasteiger partial charge in [0.25, 0.3) is 0 Å². The van der Waals surface area contributed by atoms with Crippen molar-refractivity contribution in [2.24, 2.45) is 22.4 Å². The van der Waals surface area contributed by atoms with E-state index in [4.69, 9.17) is 5.14 Å². The van der Waals surface area contributed by atoms with Gasteiger partial charge < -0.3 is 5.32 Å². The summed E-state index contributed by atoms with van der Waals surface area (Å²) < 4.78 is 23.5. The molecule has 0 spiro atoms. The molecular formula is C18H23BrN2O3S. The maximum Gasteiger partial charge on any atom is 0.238 e. The molecule has 4 aliphatic rings. The summed E-state index contributed by atoms with van der Waals surface area (Å²) in [6.07, 6.45) is 6.32. The second-order valence-electron chi connectivity index (χ2n) is 8.37. The van der Waals surface area contributed by atoms with Crippen LogP contribution in [-0.4, -0.2) is 18.6 Å². The molecule has 4 saturated carbocycles. The number of aryl methyl sites for hydroxylation is 1. The topological polar surface area (TPSA) is 89.3 Å². The van der Waals surface area contributed by atoms with Crippen LogP contribution in [0.3, 0.4) is 0 Å². The normalized spacial score (nSPS) is 36.4. The van der Waals surface area contributed by atoms with Gasteiger partial charge in [-0.2, -0.15) is 0 Å². The van der Waals surface area contributed by atoms with Crippen LogP contribution in [0.4, 0.5) is 5.69 Å². The summed E-state index contributed by atoms with van der Waals surface area (Å²) in [4.78, 5) is 13.2. The highest BCUT2D eigenvalue weighted by molar-refractivity contribution is 9.10. The Labute approximate surface area is 156 Å². The predicted molar refractivity (Wildman–Crippen MR) is 100.0 cm³/mol. The van der Waals surface area contributed by atoms with Crippen molar-refractivity contribution in [3.8, 4) is 0 Å². The second kappa shape index (κ2) is 5.54. The number of amides is 1.